The Morgan fingerprint density at radius 1 is 1.37 bits per heavy atom. The van der Waals surface area contributed by atoms with Crippen LogP contribution in [-0.4, -0.2) is 22.7 Å². The van der Waals surface area contributed by atoms with E-state index in [4.69, 9.17) is 0 Å². The van der Waals surface area contributed by atoms with Crippen LogP contribution < -0.4 is 5.32 Å². The van der Waals surface area contributed by atoms with E-state index in [0.29, 0.717) is 17.9 Å². The number of hydrogen-bond donors (Lipinski definition) is 2. The summed E-state index contributed by atoms with van der Waals surface area (Å²) in [5, 5.41) is 13.5. The summed E-state index contributed by atoms with van der Waals surface area (Å²) in [6.07, 6.45) is 6.09. The third-order valence-electron chi connectivity index (χ3n) is 4.00. The highest BCUT2D eigenvalue weighted by molar-refractivity contribution is 5.08. The van der Waals surface area contributed by atoms with Crippen LogP contribution in [0.1, 0.15) is 51.3 Å². The zero-order valence-electron chi connectivity index (χ0n) is 12.0. The topological polar surface area (TPSA) is 45.1 Å². The maximum absolute atomic E-state index is 9.90. The summed E-state index contributed by atoms with van der Waals surface area (Å²) in [5.41, 5.74) is 1.11. The van der Waals surface area contributed by atoms with Crippen LogP contribution in [0.25, 0.3) is 0 Å². The molecule has 1 aliphatic rings. The first kappa shape index (κ1) is 14.5. The van der Waals surface area contributed by atoms with Crippen molar-refractivity contribution >= 4 is 0 Å². The number of hydrogen-bond acceptors (Lipinski definition) is 3. The van der Waals surface area contributed by atoms with Crippen LogP contribution in [0, 0.1) is 11.8 Å². The second-order valence-corrected chi connectivity index (χ2v) is 6.10. The average Bonchev–Trinajstić information content (AvgIpc) is 2.81. The molecule has 106 valence electrons. The molecule has 1 heterocycles. The van der Waals surface area contributed by atoms with Gasteiger partial charge in [-0.15, -0.1) is 0 Å². The summed E-state index contributed by atoms with van der Waals surface area (Å²) in [5.74, 6) is 1.05. The summed E-state index contributed by atoms with van der Waals surface area (Å²) in [6, 6.07) is 6.39. The molecular formula is C16H26N2O. The largest absolute Gasteiger partial charge is 0.393 e. The molecule has 3 nitrogen and oxygen atoms in total. The molecule has 0 unspecified atom stereocenters. The quantitative estimate of drug-likeness (QED) is 0.828. The van der Waals surface area contributed by atoms with E-state index in [1.807, 2.05) is 18.3 Å². The number of aliphatic hydroxyl groups excluding tert-OH is 1. The lowest BCUT2D eigenvalue weighted by Crippen LogP contribution is -2.32. The lowest BCUT2D eigenvalue weighted by atomic mass is 9.99. The van der Waals surface area contributed by atoms with Gasteiger partial charge in [0.25, 0.3) is 0 Å². The van der Waals surface area contributed by atoms with Gasteiger partial charge >= 0.3 is 0 Å². The summed E-state index contributed by atoms with van der Waals surface area (Å²) in [4.78, 5) is 4.47. The van der Waals surface area contributed by atoms with Gasteiger partial charge in [-0.3, -0.25) is 4.98 Å². The standard InChI is InChI=1S/C16H26N2O/c1-12(2)10-15(14-7-3-4-9-17-14)18-11-13-6-5-8-16(13)19/h3-4,7,9,12-13,15-16,18-19H,5-6,8,10-11H2,1-2H3/t13-,15-,16-/m0/s1. The molecule has 19 heavy (non-hydrogen) atoms. The van der Waals surface area contributed by atoms with Crippen molar-refractivity contribution < 1.29 is 5.11 Å². The molecule has 1 aromatic heterocycles. The Hall–Kier alpha value is -0.930. The Morgan fingerprint density at radius 3 is 2.79 bits per heavy atom. The molecule has 2 N–H and O–H groups in total. The van der Waals surface area contributed by atoms with E-state index < -0.39 is 0 Å². The van der Waals surface area contributed by atoms with Gasteiger partial charge in [-0.25, -0.2) is 0 Å². The first-order valence-corrected chi connectivity index (χ1v) is 7.49. The first-order valence-electron chi connectivity index (χ1n) is 7.49. The van der Waals surface area contributed by atoms with Crippen molar-refractivity contribution in [1.29, 1.82) is 0 Å². The van der Waals surface area contributed by atoms with Gasteiger partial charge in [0.05, 0.1) is 11.8 Å². The minimum atomic E-state index is -0.115. The maximum Gasteiger partial charge on any atom is 0.0580 e. The van der Waals surface area contributed by atoms with E-state index in [-0.39, 0.29) is 6.10 Å². The highest BCUT2D eigenvalue weighted by Gasteiger charge is 2.26. The molecule has 1 aromatic rings. The Balaban J connectivity index is 1.94. The zero-order valence-corrected chi connectivity index (χ0v) is 12.0. The molecule has 0 saturated heterocycles. The van der Waals surface area contributed by atoms with E-state index >= 15 is 0 Å². The SMILES string of the molecule is CC(C)C[C@H](NC[C@@H]1CCC[C@@H]1O)c1ccccn1. The van der Waals surface area contributed by atoms with E-state index in [0.717, 1.165) is 37.9 Å². The molecular weight excluding hydrogens is 236 g/mol. The fraction of sp³-hybridized carbons (Fsp3) is 0.688. The van der Waals surface area contributed by atoms with Crippen molar-refractivity contribution in [1.82, 2.24) is 10.3 Å². The molecule has 3 atom stereocenters. The minimum Gasteiger partial charge on any atom is -0.393 e. The fourth-order valence-electron chi connectivity index (χ4n) is 2.91. The Bertz CT molecular complexity index is 366. The van der Waals surface area contributed by atoms with Gasteiger partial charge in [-0.1, -0.05) is 26.3 Å². The highest BCUT2D eigenvalue weighted by atomic mass is 16.3. The van der Waals surface area contributed by atoms with E-state index in [1.54, 1.807) is 0 Å². The van der Waals surface area contributed by atoms with Gasteiger partial charge in [0.2, 0.25) is 0 Å². The lowest BCUT2D eigenvalue weighted by molar-refractivity contribution is 0.129. The summed E-state index contributed by atoms with van der Waals surface area (Å²) in [6.45, 7) is 5.37. The molecule has 1 fully saturated rings. The normalized spacial score (nSPS) is 24.8. The monoisotopic (exact) mass is 262 g/mol. The average molecular weight is 262 g/mol. The van der Waals surface area contributed by atoms with Crippen LogP contribution in [0.2, 0.25) is 0 Å². The molecule has 3 heteroatoms. The predicted octanol–water partition coefficient (Wildman–Crippen LogP) is 2.92. The summed E-state index contributed by atoms with van der Waals surface area (Å²) >= 11 is 0. The Labute approximate surface area is 116 Å². The van der Waals surface area contributed by atoms with Gasteiger partial charge < -0.3 is 10.4 Å². The molecule has 0 aromatic carbocycles. The van der Waals surface area contributed by atoms with Gasteiger partial charge in [0.15, 0.2) is 0 Å². The number of pyridine rings is 1. The predicted molar refractivity (Wildman–Crippen MR) is 77.8 cm³/mol. The first-order chi connectivity index (χ1) is 9.16. The zero-order chi connectivity index (χ0) is 13.7. The van der Waals surface area contributed by atoms with Gasteiger partial charge in [-0.05, 0) is 43.2 Å². The van der Waals surface area contributed by atoms with E-state index in [2.05, 4.69) is 30.2 Å². The van der Waals surface area contributed by atoms with Crippen molar-refractivity contribution in [3.63, 3.8) is 0 Å². The summed E-state index contributed by atoms with van der Waals surface area (Å²) < 4.78 is 0. The van der Waals surface area contributed by atoms with Crippen LogP contribution >= 0.6 is 0 Å². The van der Waals surface area contributed by atoms with E-state index in [9.17, 15) is 5.11 Å². The van der Waals surface area contributed by atoms with Crippen LogP contribution in [0.3, 0.4) is 0 Å². The minimum absolute atomic E-state index is 0.115. The second-order valence-electron chi connectivity index (χ2n) is 6.10. The van der Waals surface area contributed by atoms with Gasteiger partial charge in [0.1, 0.15) is 0 Å². The molecule has 0 aliphatic heterocycles. The number of nitrogens with one attached hydrogen (secondary N) is 1. The molecule has 0 amide bonds. The molecule has 0 radical (unpaired) electrons. The third-order valence-corrected chi connectivity index (χ3v) is 4.00. The Kier molecular flexibility index (Phi) is 5.34. The van der Waals surface area contributed by atoms with Crippen LogP contribution in [-0.2, 0) is 0 Å². The van der Waals surface area contributed by atoms with Gasteiger partial charge in [0, 0.05) is 18.8 Å². The number of aliphatic hydroxyl groups is 1. The second kappa shape index (κ2) is 7.01. The molecule has 1 saturated carbocycles. The Morgan fingerprint density at radius 2 is 2.21 bits per heavy atom. The third kappa shape index (κ3) is 4.29. The van der Waals surface area contributed by atoms with E-state index in [1.165, 1.54) is 0 Å². The van der Waals surface area contributed by atoms with Crippen molar-refractivity contribution in [3.05, 3.63) is 30.1 Å². The number of nitrogens with zero attached hydrogens (tertiary/aromatic N) is 1. The van der Waals surface area contributed by atoms with Crippen LogP contribution in [0.15, 0.2) is 24.4 Å². The fourth-order valence-corrected chi connectivity index (χ4v) is 2.91. The van der Waals surface area contributed by atoms with Crippen molar-refractivity contribution in [2.45, 2.75) is 51.7 Å². The van der Waals surface area contributed by atoms with Gasteiger partial charge in [-0.2, -0.15) is 0 Å². The van der Waals surface area contributed by atoms with Crippen molar-refractivity contribution in [2.75, 3.05) is 6.54 Å². The smallest absolute Gasteiger partial charge is 0.0580 e. The highest BCUT2D eigenvalue weighted by Crippen LogP contribution is 2.26. The van der Waals surface area contributed by atoms with Crippen molar-refractivity contribution in [3.8, 4) is 0 Å². The molecule has 2 rings (SSSR count). The van der Waals surface area contributed by atoms with Crippen LogP contribution in [0.5, 0.6) is 0 Å². The maximum atomic E-state index is 9.90. The number of aromatic nitrogens is 1. The lowest BCUT2D eigenvalue weighted by Gasteiger charge is -2.23. The number of rotatable bonds is 6. The van der Waals surface area contributed by atoms with Crippen molar-refractivity contribution in [2.24, 2.45) is 11.8 Å². The molecule has 0 bridgehead atoms. The molecule has 0 spiro atoms. The molecule has 1 aliphatic carbocycles. The van der Waals surface area contributed by atoms with Crippen LogP contribution in [0.4, 0.5) is 0 Å². The summed E-state index contributed by atoms with van der Waals surface area (Å²) in [7, 11) is 0.